The van der Waals surface area contributed by atoms with E-state index in [9.17, 15) is 4.79 Å². The predicted molar refractivity (Wildman–Crippen MR) is 41.0 cm³/mol. The van der Waals surface area contributed by atoms with Gasteiger partial charge in [-0.25, -0.2) is 0 Å². The molecule has 4 heteroatoms. The lowest BCUT2D eigenvalue weighted by Crippen LogP contribution is -2.35. The number of hydrogen-bond acceptors (Lipinski definition) is 3. The van der Waals surface area contributed by atoms with Crippen molar-refractivity contribution in [3.8, 4) is 0 Å². The average Bonchev–Trinajstić information content (AvgIpc) is 2.45. The maximum Gasteiger partial charge on any atom is 0.324 e. The summed E-state index contributed by atoms with van der Waals surface area (Å²) in [4.78, 5) is 10.4. The van der Waals surface area contributed by atoms with E-state index in [1.165, 1.54) is 0 Å². The molecular weight excluding hydrogens is 150 g/mol. The molecule has 1 saturated carbocycles. The Morgan fingerprint density at radius 1 is 2.00 bits per heavy atom. The largest absolute Gasteiger partial charge is 0.480 e. The summed E-state index contributed by atoms with van der Waals surface area (Å²) in [6.07, 6.45) is 2.60. The van der Waals surface area contributed by atoms with Gasteiger partial charge in [0.25, 0.3) is 0 Å². The van der Waals surface area contributed by atoms with Gasteiger partial charge < -0.3 is 10.8 Å². The van der Waals surface area contributed by atoms with Crippen molar-refractivity contribution in [1.82, 2.24) is 0 Å². The van der Waals surface area contributed by atoms with Gasteiger partial charge in [0, 0.05) is 0 Å². The Labute approximate surface area is 64.0 Å². The summed E-state index contributed by atoms with van der Waals surface area (Å²) < 4.78 is 0. The van der Waals surface area contributed by atoms with Crippen LogP contribution in [-0.2, 0) is 4.79 Å². The third-order valence-corrected chi connectivity index (χ3v) is 2.65. The zero-order valence-corrected chi connectivity index (χ0v) is 6.65. The van der Waals surface area contributed by atoms with E-state index in [2.05, 4.69) is 0 Å². The SMILES string of the molecule is CSC[C@@H]1C[C@]1(N)C(=O)O. The summed E-state index contributed by atoms with van der Waals surface area (Å²) >= 11 is 1.65. The molecule has 3 nitrogen and oxygen atoms in total. The number of rotatable bonds is 3. The minimum atomic E-state index is -0.886. The molecule has 1 fully saturated rings. The third-order valence-electron chi connectivity index (χ3n) is 1.92. The molecule has 2 atom stereocenters. The quantitative estimate of drug-likeness (QED) is 0.618. The van der Waals surface area contributed by atoms with Gasteiger partial charge in [0.1, 0.15) is 5.54 Å². The number of aliphatic carboxylic acids is 1. The van der Waals surface area contributed by atoms with E-state index in [0.29, 0.717) is 6.42 Å². The lowest BCUT2D eigenvalue weighted by Gasteiger charge is -2.02. The van der Waals surface area contributed by atoms with Crippen molar-refractivity contribution >= 4 is 17.7 Å². The second-order valence-electron chi connectivity index (χ2n) is 2.70. The van der Waals surface area contributed by atoms with Crippen molar-refractivity contribution in [2.24, 2.45) is 11.7 Å². The van der Waals surface area contributed by atoms with Crippen molar-refractivity contribution < 1.29 is 9.90 Å². The van der Waals surface area contributed by atoms with Crippen LogP contribution in [0.25, 0.3) is 0 Å². The molecule has 10 heavy (non-hydrogen) atoms. The fourth-order valence-corrected chi connectivity index (χ4v) is 1.84. The standard InChI is InChI=1S/C6H11NO2S/c1-10-3-4-2-6(4,7)5(8)9/h4H,2-3,7H2,1H3,(H,8,9)/t4-,6+/m0/s1. The fraction of sp³-hybridized carbons (Fsp3) is 0.833. The Kier molecular flexibility index (Phi) is 1.92. The summed E-state index contributed by atoms with van der Waals surface area (Å²) in [6.45, 7) is 0. The highest BCUT2D eigenvalue weighted by molar-refractivity contribution is 7.98. The predicted octanol–water partition coefficient (Wildman–Crippen LogP) is 0.151. The average molecular weight is 161 g/mol. The lowest BCUT2D eigenvalue weighted by molar-refractivity contribution is -0.139. The third kappa shape index (κ3) is 1.13. The molecular formula is C6H11NO2S. The summed E-state index contributed by atoms with van der Waals surface area (Å²) in [7, 11) is 0. The Balaban J connectivity index is 2.40. The molecule has 0 heterocycles. The van der Waals surface area contributed by atoms with Gasteiger partial charge in [-0.15, -0.1) is 0 Å². The smallest absolute Gasteiger partial charge is 0.324 e. The molecule has 1 aliphatic rings. The van der Waals surface area contributed by atoms with Gasteiger partial charge in [-0.2, -0.15) is 11.8 Å². The first-order chi connectivity index (χ1) is 4.61. The summed E-state index contributed by atoms with van der Waals surface area (Å²) in [5.41, 5.74) is 4.62. The minimum absolute atomic E-state index is 0.194. The monoisotopic (exact) mass is 161 g/mol. The lowest BCUT2D eigenvalue weighted by atomic mass is 10.2. The topological polar surface area (TPSA) is 63.3 Å². The molecule has 1 aliphatic carbocycles. The van der Waals surface area contributed by atoms with Gasteiger partial charge in [-0.05, 0) is 24.3 Å². The van der Waals surface area contributed by atoms with Gasteiger partial charge in [-0.3, -0.25) is 4.79 Å². The maximum absolute atomic E-state index is 10.4. The molecule has 3 N–H and O–H groups in total. The van der Waals surface area contributed by atoms with E-state index in [0.717, 1.165) is 5.75 Å². The van der Waals surface area contributed by atoms with E-state index in [1.807, 2.05) is 6.26 Å². The number of thioether (sulfide) groups is 1. The zero-order chi connectivity index (χ0) is 7.78. The normalized spacial score (nSPS) is 37.6. The van der Waals surface area contributed by atoms with Gasteiger partial charge >= 0.3 is 5.97 Å². The summed E-state index contributed by atoms with van der Waals surface area (Å²) in [6, 6.07) is 0. The molecule has 0 saturated heterocycles. The molecule has 0 aromatic carbocycles. The van der Waals surface area contributed by atoms with Gasteiger partial charge in [-0.1, -0.05) is 0 Å². The van der Waals surface area contributed by atoms with Crippen LogP contribution < -0.4 is 5.73 Å². The van der Waals surface area contributed by atoms with E-state index >= 15 is 0 Å². The van der Waals surface area contributed by atoms with Crippen molar-refractivity contribution in [3.63, 3.8) is 0 Å². The Bertz CT molecular complexity index is 162. The molecule has 0 spiro atoms. The number of carbonyl (C=O) groups is 1. The second-order valence-corrected chi connectivity index (χ2v) is 3.61. The van der Waals surface area contributed by atoms with Crippen molar-refractivity contribution in [2.45, 2.75) is 12.0 Å². The first kappa shape index (κ1) is 7.88. The van der Waals surface area contributed by atoms with E-state index in [-0.39, 0.29) is 5.92 Å². The first-order valence-electron chi connectivity index (χ1n) is 3.12. The Morgan fingerprint density at radius 2 is 2.60 bits per heavy atom. The number of carboxylic acid groups (broad SMARTS) is 1. The highest BCUT2D eigenvalue weighted by Crippen LogP contribution is 2.42. The van der Waals surface area contributed by atoms with Crippen molar-refractivity contribution in [2.75, 3.05) is 12.0 Å². The highest BCUT2D eigenvalue weighted by atomic mass is 32.2. The van der Waals surface area contributed by atoms with Gasteiger partial charge in [0.15, 0.2) is 0 Å². The van der Waals surface area contributed by atoms with Crippen LogP contribution in [0, 0.1) is 5.92 Å². The molecule has 0 unspecified atom stereocenters. The fourth-order valence-electron chi connectivity index (χ4n) is 1.02. The van der Waals surface area contributed by atoms with Crippen molar-refractivity contribution in [1.29, 1.82) is 0 Å². The minimum Gasteiger partial charge on any atom is -0.480 e. The van der Waals surface area contributed by atoms with Crippen LogP contribution in [0.3, 0.4) is 0 Å². The molecule has 0 amide bonds. The molecule has 0 aromatic heterocycles. The molecule has 0 bridgehead atoms. The zero-order valence-electron chi connectivity index (χ0n) is 5.83. The van der Waals surface area contributed by atoms with Crippen LogP contribution >= 0.6 is 11.8 Å². The van der Waals surface area contributed by atoms with Crippen LogP contribution in [-0.4, -0.2) is 28.6 Å². The van der Waals surface area contributed by atoms with Gasteiger partial charge in [0.2, 0.25) is 0 Å². The summed E-state index contributed by atoms with van der Waals surface area (Å²) in [5.74, 6) is 0.203. The Morgan fingerprint density at radius 3 is 2.90 bits per heavy atom. The van der Waals surface area contributed by atoms with Crippen LogP contribution in [0.2, 0.25) is 0 Å². The van der Waals surface area contributed by atoms with Crippen molar-refractivity contribution in [3.05, 3.63) is 0 Å². The maximum atomic E-state index is 10.4. The van der Waals surface area contributed by atoms with Crippen LogP contribution in [0.1, 0.15) is 6.42 Å². The molecule has 0 radical (unpaired) electrons. The van der Waals surface area contributed by atoms with E-state index in [4.69, 9.17) is 10.8 Å². The molecule has 0 aliphatic heterocycles. The molecule has 58 valence electrons. The van der Waals surface area contributed by atoms with E-state index < -0.39 is 11.5 Å². The van der Waals surface area contributed by atoms with Crippen LogP contribution in [0.4, 0.5) is 0 Å². The number of carboxylic acids is 1. The number of nitrogens with two attached hydrogens (primary N) is 1. The molecule has 0 aromatic rings. The number of hydrogen-bond donors (Lipinski definition) is 2. The first-order valence-corrected chi connectivity index (χ1v) is 4.52. The second kappa shape index (κ2) is 2.43. The van der Waals surface area contributed by atoms with E-state index in [1.54, 1.807) is 11.8 Å². The van der Waals surface area contributed by atoms with Crippen LogP contribution in [0.15, 0.2) is 0 Å². The molecule has 1 rings (SSSR count). The van der Waals surface area contributed by atoms with Crippen LogP contribution in [0.5, 0.6) is 0 Å². The van der Waals surface area contributed by atoms with Gasteiger partial charge in [0.05, 0.1) is 0 Å². The summed E-state index contributed by atoms with van der Waals surface area (Å²) in [5, 5.41) is 8.58. The highest BCUT2D eigenvalue weighted by Gasteiger charge is 2.56. The Hall–Kier alpha value is -0.220.